The van der Waals surface area contributed by atoms with Crippen molar-refractivity contribution < 1.29 is 23.6 Å². The lowest BCUT2D eigenvalue weighted by Crippen LogP contribution is -2.09. The normalized spacial score (nSPS) is 10.1. The summed E-state index contributed by atoms with van der Waals surface area (Å²) in [6.07, 6.45) is 1.36. The SMILES string of the molecule is COc1ccc([N+](=O)[O-])cc1OC(=O)c1ccoc1C. The minimum absolute atomic E-state index is 0.0210. The maximum Gasteiger partial charge on any atom is 0.347 e. The van der Waals surface area contributed by atoms with E-state index in [0.29, 0.717) is 5.76 Å². The average molecular weight is 277 g/mol. The number of nitro groups is 1. The standard InChI is InChI=1S/C13H11NO6/c1-8-10(5-6-19-8)13(15)20-12-7-9(14(16)17)3-4-11(12)18-2/h3-7H,1-2H3. The third kappa shape index (κ3) is 2.61. The molecule has 1 aromatic carbocycles. The Morgan fingerprint density at radius 2 is 2.05 bits per heavy atom. The molecule has 0 radical (unpaired) electrons. The van der Waals surface area contributed by atoms with Crippen LogP contribution in [0.2, 0.25) is 0 Å². The second-order valence-electron chi connectivity index (χ2n) is 3.87. The zero-order chi connectivity index (χ0) is 14.7. The van der Waals surface area contributed by atoms with Crippen LogP contribution in [0.5, 0.6) is 11.5 Å². The number of furan rings is 1. The number of hydrogen-bond donors (Lipinski definition) is 0. The van der Waals surface area contributed by atoms with Crippen LogP contribution >= 0.6 is 0 Å². The highest BCUT2D eigenvalue weighted by Gasteiger charge is 2.19. The van der Waals surface area contributed by atoms with Gasteiger partial charge in [-0.1, -0.05) is 0 Å². The number of non-ortho nitro benzene ring substituents is 1. The van der Waals surface area contributed by atoms with Gasteiger partial charge in [0.05, 0.1) is 24.4 Å². The third-order valence-electron chi connectivity index (χ3n) is 2.64. The van der Waals surface area contributed by atoms with Crippen LogP contribution in [0.1, 0.15) is 16.1 Å². The van der Waals surface area contributed by atoms with Gasteiger partial charge >= 0.3 is 5.97 Å². The third-order valence-corrected chi connectivity index (χ3v) is 2.64. The second kappa shape index (κ2) is 5.43. The summed E-state index contributed by atoms with van der Waals surface area (Å²) in [6.45, 7) is 1.61. The Bertz CT molecular complexity index is 661. The summed E-state index contributed by atoms with van der Waals surface area (Å²) in [4.78, 5) is 22.1. The minimum Gasteiger partial charge on any atom is -0.493 e. The molecule has 0 unspecified atom stereocenters. The fraction of sp³-hybridized carbons (Fsp3) is 0.154. The summed E-state index contributed by atoms with van der Waals surface area (Å²) in [5.41, 5.74) is 0.0519. The zero-order valence-corrected chi connectivity index (χ0v) is 10.8. The molecule has 0 saturated carbocycles. The van der Waals surface area contributed by atoms with E-state index >= 15 is 0 Å². The lowest BCUT2D eigenvalue weighted by atomic mass is 10.2. The lowest BCUT2D eigenvalue weighted by Gasteiger charge is -2.08. The summed E-state index contributed by atoms with van der Waals surface area (Å²) >= 11 is 0. The Labute approximate surface area is 113 Å². The largest absolute Gasteiger partial charge is 0.493 e. The van der Waals surface area contributed by atoms with Gasteiger partial charge in [-0.05, 0) is 19.1 Å². The van der Waals surface area contributed by atoms with Crippen molar-refractivity contribution in [1.29, 1.82) is 0 Å². The number of ether oxygens (including phenoxy) is 2. The van der Waals surface area contributed by atoms with Crippen molar-refractivity contribution in [2.75, 3.05) is 7.11 Å². The quantitative estimate of drug-likeness (QED) is 0.369. The smallest absolute Gasteiger partial charge is 0.347 e. The molecule has 0 atom stereocenters. The highest BCUT2D eigenvalue weighted by Crippen LogP contribution is 2.31. The number of aryl methyl sites for hydroxylation is 1. The molecule has 7 heteroatoms. The molecule has 7 nitrogen and oxygen atoms in total. The Morgan fingerprint density at radius 3 is 2.60 bits per heavy atom. The Morgan fingerprint density at radius 1 is 1.30 bits per heavy atom. The van der Waals surface area contributed by atoms with Gasteiger partial charge in [0.2, 0.25) is 0 Å². The van der Waals surface area contributed by atoms with Gasteiger partial charge in [0.15, 0.2) is 11.5 Å². The van der Waals surface area contributed by atoms with Crippen molar-refractivity contribution in [3.63, 3.8) is 0 Å². The van der Waals surface area contributed by atoms with Gasteiger partial charge in [-0.25, -0.2) is 4.79 Å². The zero-order valence-electron chi connectivity index (χ0n) is 10.8. The van der Waals surface area contributed by atoms with Crippen molar-refractivity contribution in [2.45, 2.75) is 6.92 Å². The molecule has 0 aliphatic rings. The topological polar surface area (TPSA) is 91.8 Å². The first-order valence-corrected chi connectivity index (χ1v) is 5.61. The highest BCUT2D eigenvalue weighted by atomic mass is 16.6. The van der Waals surface area contributed by atoms with E-state index in [4.69, 9.17) is 13.9 Å². The predicted molar refractivity (Wildman–Crippen MR) is 68.1 cm³/mol. The molecule has 0 aliphatic carbocycles. The number of carbonyl (C=O) groups excluding carboxylic acids is 1. The van der Waals surface area contributed by atoms with Crippen molar-refractivity contribution in [1.82, 2.24) is 0 Å². The van der Waals surface area contributed by atoms with Gasteiger partial charge in [-0.3, -0.25) is 10.1 Å². The van der Waals surface area contributed by atoms with Crippen LogP contribution in [0.4, 0.5) is 5.69 Å². The van der Waals surface area contributed by atoms with Crippen molar-refractivity contribution in [3.05, 3.63) is 52.0 Å². The lowest BCUT2D eigenvalue weighted by molar-refractivity contribution is -0.384. The molecule has 0 amide bonds. The number of esters is 1. The summed E-state index contributed by atoms with van der Waals surface area (Å²) in [7, 11) is 1.38. The highest BCUT2D eigenvalue weighted by molar-refractivity contribution is 5.92. The maximum absolute atomic E-state index is 11.9. The van der Waals surface area contributed by atoms with Crippen LogP contribution in [-0.4, -0.2) is 18.0 Å². The van der Waals surface area contributed by atoms with E-state index < -0.39 is 10.9 Å². The molecule has 1 heterocycles. The number of methoxy groups -OCH3 is 1. The van der Waals surface area contributed by atoms with Gasteiger partial charge in [-0.2, -0.15) is 0 Å². The van der Waals surface area contributed by atoms with Crippen LogP contribution in [0.3, 0.4) is 0 Å². The molecular weight excluding hydrogens is 266 g/mol. The van der Waals surface area contributed by atoms with E-state index in [2.05, 4.69) is 0 Å². The fourth-order valence-electron chi connectivity index (χ4n) is 1.61. The molecule has 20 heavy (non-hydrogen) atoms. The number of hydrogen-bond acceptors (Lipinski definition) is 6. The Kier molecular flexibility index (Phi) is 3.69. The van der Waals surface area contributed by atoms with Gasteiger partial charge < -0.3 is 13.9 Å². The number of nitro benzene ring substituents is 1. The van der Waals surface area contributed by atoms with Crippen LogP contribution < -0.4 is 9.47 Å². The van der Waals surface area contributed by atoms with Crippen molar-refractivity contribution >= 4 is 11.7 Å². The Balaban J connectivity index is 2.32. The summed E-state index contributed by atoms with van der Waals surface area (Å²) < 4.78 is 15.1. The Hall–Kier alpha value is -2.83. The fourth-order valence-corrected chi connectivity index (χ4v) is 1.61. The number of nitrogens with zero attached hydrogens (tertiary/aromatic N) is 1. The molecule has 0 aliphatic heterocycles. The van der Waals surface area contributed by atoms with Crippen LogP contribution in [0.25, 0.3) is 0 Å². The molecule has 0 N–H and O–H groups in total. The van der Waals surface area contributed by atoms with Gasteiger partial charge in [0.25, 0.3) is 5.69 Å². The maximum atomic E-state index is 11.9. The van der Waals surface area contributed by atoms with E-state index in [-0.39, 0.29) is 22.7 Å². The molecule has 2 rings (SSSR count). The minimum atomic E-state index is -0.671. The van der Waals surface area contributed by atoms with Crippen LogP contribution in [0.15, 0.2) is 34.9 Å². The molecule has 0 spiro atoms. The number of rotatable bonds is 4. The summed E-state index contributed by atoms with van der Waals surface area (Å²) in [6, 6.07) is 5.22. The van der Waals surface area contributed by atoms with Crippen molar-refractivity contribution in [3.8, 4) is 11.5 Å². The number of benzene rings is 1. The molecule has 0 saturated heterocycles. The second-order valence-corrected chi connectivity index (χ2v) is 3.87. The van der Waals surface area contributed by atoms with Crippen molar-refractivity contribution in [2.24, 2.45) is 0 Å². The summed E-state index contributed by atoms with van der Waals surface area (Å²) in [5, 5.41) is 10.7. The number of carbonyl (C=O) groups is 1. The molecular formula is C13H11NO6. The van der Waals surface area contributed by atoms with E-state index in [1.807, 2.05) is 0 Å². The van der Waals surface area contributed by atoms with E-state index in [1.54, 1.807) is 6.92 Å². The molecule has 2 aromatic rings. The first kappa shape index (κ1) is 13.6. The van der Waals surface area contributed by atoms with Gasteiger partial charge in [-0.15, -0.1) is 0 Å². The van der Waals surface area contributed by atoms with Crippen LogP contribution in [-0.2, 0) is 0 Å². The molecule has 104 valence electrons. The van der Waals surface area contributed by atoms with E-state index in [0.717, 1.165) is 6.07 Å². The molecule has 0 fully saturated rings. The molecule has 0 bridgehead atoms. The molecule has 1 aromatic heterocycles. The monoisotopic (exact) mass is 277 g/mol. The van der Waals surface area contributed by atoms with Gasteiger partial charge in [0, 0.05) is 6.07 Å². The van der Waals surface area contributed by atoms with Gasteiger partial charge in [0.1, 0.15) is 11.3 Å². The first-order valence-electron chi connectivity index (χ1n) is 5.61. The van der Waals surface area contributed by atoms with Crippen LogP contribution in [0, 0.1) is 17.0 Å². The average Bonchev–Trinajstić information content (AvgIpc) is 2.84. The first-order chi connectivity index (χ1) is 9.52. The predicted octanol–water partition coefficient (Wildman–Crippen LogP) is 2.72. The summed E-state index contributed by atoms with van der Waals surface area (Å²) in [5.74, 6) is -0.0631. The van der Waals surface area contributed by atoms with E-state index in [9.17, 15) is 14.9 Å². The van der Waals surface area contributed by atoms with E-state index in [1.165, 1.54) is 31.6 Å².